The first-order valence-electron chi connectivity index (χ1n) is 9.39. The van der Waals surface area contributed by atoms with E-state index in [0.717, 1.165) is 12.0 Å². The van der Waals surface area contributed by atoms with Crippen molar-refractivity contribution >= 4 is 35.8 Å². The molecule has 3 rings (SSSR count). The number of nitrogens with one attached hydrogen (secondary N) is 2. The maximum absolute atomic E-state index is 13.9. The van der Waals surface area contributed by atoms with Crippen LogP contribution in [0.15, 0.2) is 41.5 Å². The molecule has 2 heterocycles. The van der Waals surface area contributed by atoms with E-state index >= 15 is 0 Å². The van der Waals surface area contributed by atoms with Gasteiger partial charge in [-0.05, 0) is 43.2 Å². The van der Waals surface area contributed by atoms with E-state index in [9.17, 15) is 13.9 Å². The van der Waals surface area contributed by atoms with Crippen LogP contribution in [0.3, 0.4) is 0 Å². The van der Waals surface area contributed by atoms with Gasteiger partial charge in [0.2, 0.25) is 0 Å². The number of benzene rings is 1. The van der Waals surface area contributed by atoms with Crippen LogP contribution in [0.4, 0.5) is 14.6 Å². The number of hydrogen-bond acceptors (Lipinski definition) is 4. The molecule has 0 aliphatic carbocycles. The number of pyridine rings is 1. The Balaban J connectivity index is 0.00000300. The lowest BCUT2D eigenvalue weighted by Gasteiger charge is -2.20. The Hall–Kier alpha value is -2.01. The largest absolute Gasteiger partial charge is 0.392 e. The van der Waals surface area contributed by atoms with E-state index in [1.165, 1.54) is 12.1 Å². The summed E-state index contributed by atoms with van der Waals surface area (Å²) in [4.78, 5) is 10.6. The summed E-state index contributed by atoms with van der Waals surface area (Å²) in [6.07, 6.45) is 2.43. The minimum absolute atomic E-state index is 0. The van der Waals surface area contributed by atoms with Crippen LogP contribution in [0.5, 0.6) is 0 Å². The highest BCUT2D eigenvalue weighted by atomic mass is 127. The average Bonchev–Trinajstić information content (AvgIpc) is 3.16. The van der Waals surface area contributed by atoms with Crippen molar-refractivity contribution in [3.8, 4) is 0 Å². The van der Waals surface area contributed by atoms with E-state index in [1.807, 2.05) is 11.8 Å². The lowest BCUT2D eigenvalue weighted by molar-refractivity contribution is 0.275. The molecule has 1 aromatic carbocycles. The van der Waals surface area contributed by atoms with Gasteiger partial charge in [-0.1, -0.05) is 6.07 Å². The summed E-state index contributed by atoms with van der Waals surface area (Å²) in [5, 5.41) is 15.8. The third-order valence-electron chi connectivity index (χ3n) is 4.61. The minimum Gasteiger partial charge on any atom is -0.392 e. The molecule has 1 aliphatic heterocycles. The molecule has 6 nitrogen and oxygen atoms in total. The molecule has 1 fully saturated rings. The van der Waals surface area contributed by atoms with Gasteiger partial charge in [-0.25, -0.2) is 18.8 Å². The fraction of sp³-hybridized carbons (Fsp3) is 0.400. The van der Waals surface area contributed by atoms with Crippen LogP contribution in [-0.4, -0.2) is 41.7 Å². The molecule has 29 heavy (non-hydrogen) atoms. The van der Waals surface area contributed by atoms with E-state index in [2.05, 4.69) is 20.6 Å². The van der Waals surface area contributed by atoms with Gasteiger partial charge in [0, 0.05) is 37.4 Å². The third kappa shape index (κ3) is 6.23. The zero-order valence-electron chi connectivity index (χ0n) is 16.2. The van der Waals surface area contributed by atoms with Gasteiger partial charge in [0.1, 0.15) is 5.82 Å². The monoisotopic (exact) mass is 517 g/mol. The number of guanidine groups is 1. The number of hydrogen-bond donors (Lipinski definition) is 3. The molecule has 0 spiro atoms. The molecule has 1 unspecified atom stereocenters. The molecule has 1 atom stereocenters. The highest BCUT2D eigenvalue weighted by Gasteiger charge is 2.25. The highest BCUT2D eigenvalue weighted by molar-refractivity contribution is 14.0. The Morgan fingerprint density at radius 1 is 1.31 bits per heavy atom. The van der Waals surface area contributed by atoms with Crippen LogP contribution in [0.1, 0.15) is 24.5 Å². The molecule has 1 aromatic heterocycles. The second-order valence-corrected chi connectivity index (χ2v) is 6.66. The number of aliphatic hydroxyl groups excluding tert-OH is 1. The van der Waals surface area contributed by atoms with Crippen LogP contribution < -0.4 is 15.5 Å². The molecule has 3 N–H and O–H groups in total. The van der Waals surface area contributed by atoms with Gasteiger partial charge in [0.05, 0.1) is 13.2 Å². The van der Waals surface area contributed by atoms with Gasteiger partial charge in [-0.15, -0.1) is 24.0 Å². The quantitative estimate of drug-likeness (QED) is 0.313. The lowest BCUT2D eigenvalue weighted by Crippen LogP contribution is -2.44. The molecule has 0 amide bonds. The van der Waals surface area contributed by atoms with E-state index in [1.54, 1.807) is 24.4 Å². The van der Waals surface area contributed by atoms with Crippen LogP contribution in [0.25, 0.3) is 0 Å². The number of nitrogens with zero attached hydrogens (tertiary/aromatic N) is 3. The summed E-state index contributed by atoms with van der Waals surface area (Å²) in [5.41, 5.74) is 1.07. The second kappa shape index (κ2) is 11.2. The summed E-state index contributed by atoms with van der Waals surface area (Å²) >= 11 is 0. The second-order valence-electron chi connectivity index (χ2n) is 6.66. The first-order valence-corrected chi connectivity index (χ1v) is 9.39. The predicted molar refractivity (Wildman–Crippen MR) is 121 cm³/mol. The molecule has 0 bridgehead atoms. The molecule has 0 radical (unpaired) electrons. The Labute approximate surface area is 186 Å². The molecule has 2 aromatic rings. The molecular formula is C20H26F2IN5O. The maximum Gasteiger partial charge on any atom is 0.191 e. The summed E-state index contributed by atoms with van der Waals surface area (Å²) in [7, 11) is 0. The van der Waals surface area contributed by atoms with Crippen LogP contribution in [0.2, 0.25) is 0 Å². The van der Waals surface area contributed by atoms with Crippen molar-refractivity contribution in [2.45, 2.75) is 32.5 Å². The Morgan fingerprint density at radius 2 is 2.14 bits per heavy atom. The molecule has 9 heteroatoms. The van der Waals surface area contributed by atoms with Crippen molar-refractivity contribution in [2.24, 2.45) is 4.99 Å². The molecular weight excluding hydrogens is 491 g/mol. The molecule has 1 saturated heterocycles. The molecule has 1 aliphatic rings. The van der Waals surface area contributed by atoms with Crippen LogP contribution >= 0.6 is 24.0 Å². The van der Waals surface area contributed by atoms with Crippen molar-refractivity contribution in [1.82, 2.24) is 15.6 Å². The Morgan fingerprint density at radius 3 is 2.86 bits per heavy atom. The first kappa shape index (κ1) is 23.3. The number of anilines is 1. The maximum atomic E-state index is 13.9. The molecule has 158 valence electrons. The zero-order chi connectivity index (χ0) is 19.9. The van der Waals surface area contributed by atoms with Gasteiger partial charge < -0.3 is 20.6 Å². The van der Waals surface area contributed by atoms with E-state index in [-0.39, 0.29) is 48.0 Å². The van der Waals surface area contributed by atoms with Gasteiger partial charge in [0.15, 0.2) is 17.6 Å². The number of aliphatic hydroxyl groups is 1. The van der Waals surface area contributed by atoms with Crippen LogP contribution in [0, 0.1) is 11.6 Å². The lowest BCUT2D eigenvalue weighted by atomic mass is 10.1. The standard InChI is InChI=1S/C20H25F2N5O.HI/c1-2-23-20(25-11-14-5-6-17(21)15(10-14)13-28)26-16-7-9-27(12-16)19-18(22)4-3-8-24-19;/h3-6,8,10,16,28H,2,7,9,11-13H2,1H3,(H2,23,25,26);1H. The van der Waals surface area contributed by atoms with Gasteiger partial charge in [-0.2, -0.15) is 0 Å². The van der Waals surface area contributed by atoms with Crippen molar-refractivity contribution < 1.29 is 13.9 Å². The van der Waals surface area contributed by atoms with Gasteiger partial charge >= 0.3 is 0 Å². The van der Waals surface area contributed by atoms with Crippen molar-refractivity contribution in [3.05, 3.63) is 59.3 Å². The fourth-order valence-electron chi connectivity index (χ4n) is 3.21. The number of rotatable bonds is 6. The summed E-state index contributed by atoms with van der Waals surface area (Å²) < 4.78 is 27.5. The van der Waals surface area contributed by atoms with E-state index in [0.29, 0.717) is 38.0 Å². The Kier molecular flexibility index (Phi) is 9.02. The van der Waals surface area contributed by atoms with Crippen molar-refractivity contribution in [1.29, 1.82) is 0 Å². The van der Waals surface area contributed by atoms with Crippen LogP contribution in [-0.2, 0) is 13.2 Å². The van der Waals surface area contributed by atoms with Gasteiger partial charge in [-0.3, -0.25) is 0 Å². The topological polar surface area (TPSA) is 72.8 Å². The normalized spacial score (nSPS) is 16.5. The average molecular weight is 517 g/mol. The summed E-state index contributed by atoms with van der Waals surface area (Å²) in [6.45, 7) is 4.02. The smallest absolute Gasteiger partial charge is 0.191 e. The summed E-state index contributed by atoms with van der Waals surface area (Å²) in [5.74, 6) is 0.273. The van der Waals surface area contributed by atoms with Gasteiger partial charge in [0.25, 0.3) is 0 Å². The zero-order valence-corrected chi connectivity index (χ0v) is 18.6. The Bertz CT molecular complexity index is 836. The first-order chi connectivity index (χ1) is 13.6. The number of aromatic nitrogens is 1. The molecule has 0 saturated carbocycles. The number of halogens is 3. The van der Waals surface area contributed by atoms with E-state index in [4.69, 9.17) is 0 Å². The SMILES string of the molecule is CCNC(=NCc1ccc(F)c(CO)c1)NC1CCN(c2ncccc2F)C1.I. The highest BCUT2D eigenvalue weighted by Crippen LogP contribution is 2.20. The van der Waals surface area contributed by atoms with Crippen molar-refractivity contribution in [3.63, 3.8) is 0 Å². The van der Waals surface area contributed by atoms with Crippen molar-refractivity contribution in [2.75, 3.05) is 24.5 Å². The summed E-state index contributed by atoms with van der Waals surface area (Å²) in [6, 6.07) is 7.72. The predicted octanol–water partition coefficient (Wildman–Crippen LogP) is 2.80. The minimum atomic E-state index is -0.423. The third-order valence-corrected chi connectivity index (χ3v) is 4.61. The van der Waals surface area contributed by atoms with E-state index < -0.39 is 5.82 Å². The number of aliphatic imine (C=N–C) groups is 1. The fourth-order valence-corrected chi connectivity index (χ4v) is 3.21.